The van der Waals surface area contributed by atoms with Crippen molar-refractivity contribution in [2.75, 3.05) is 0 Å². The van der Waals surface area contributed by atoms with E-state index >= 15 is 0 Å². The van der Waals surface area contributed by atoms with E-state index < -0.39 is 11.4 Å². The van der Waals surface area contributed by atoms with E-state index in [4.69, 9.17) is 0 Å². The van der Waals surface area contributed by atoms with E-state index in [0.29, 0.717) is 17.8 Å². The molecule has 0 aromatic heterocycles. The van der Waals surface area contributed by atoms with Crippen molar-refractivity contribution in [3.05, 3.63) is 11.6 Å². The van der Waals surface area contributed by atoms with Gasteiger partial charge in [-0.05, 0) is 109 Å². The molecule has 5 aliphatic rings. The van der Waals surface area contributed by atoms with Crippen LogP contribution in [0.3, 0.4) is 0 Å². The lowest BCUT2D eigenvalue weighted by molar-refractivity contribution is -0.213. The SMILES string of the molecule is CC1(C)CC[C@]2(C)CC[C@]3(C(=O)O)C(=CC[C@@H]4[C@@]5(C)CC[C@H](O)C(C)(C)[C@@H]5CC[C@]43C)[C@@H]2C1. The summed E-state index contributed by atoms with van der Waals surface area (Å²) in [7, 11) is 0. The molecule has 5 aliphatic carbocycles. The average molecular weight is 457 g/mol. The summed E-state index contributed by atoms with van der Waals surface area (Å²) in [5.74, 6) is 0.675. The second-order valence-corrected chi connectivity index (χ2v) is 15.1. The predicted molar refractivity (Wildman–Crippen MR) is 133 cm³/mol. The van der Waals surface area contributed by atoms with Gasteiger partial charge in [0, 0.05) is 0 Å². The monoisotopic (exact) mass is 456 g/mol. The Hall–Kier alpha value is -0.830. The molecule has 0 bridgehead atoms. The van der Waals surface area contributed by atoms with Gasteiger partial charge in [-0.1, -0.05) is 60.1 Å². The number of allylic oxidation sites excluding steroid dienone is 1. The molecular weight excluding hydrogens is 408 g/mol. The molecule has 0 saturated heterocycles. The molecule has 4 saturated carbocycles. The first-order chi connectivity index (χ1) is 15.1. The van der Waals surface area contributed by atoms with Gasteiger partial charge in [0.25, 0.3) is 0 Å². The molecule has 33 heavy (non-hydrogen) atoms. The third-order valence-corrected chi connectivity index (χ3v) is 12.9. The summed E-state index contributed by atoms with van der Waals surface area (Å²) >= 11 is 0. The maximum absolute atomic E-state index is 13.5. The summed E-state index contributed by atoms with van der Waals surface area (Å²) in [4.78, 5) is 13.5. The molecule has 0 aromatic carbocycles. The lowest BCUT2D eigenvalue weighted by atomic mass is 9.33. The Kier molecular flexibility index (Phi) is 4.99. The average Bonchev–Trinajstić information content (AvgIpc) is 2.71. The van der Waals surface area contributed by atoms with E-state index in [1.165, 1.54) is 18.4 Å². The summed E-state index contributed by atoms with van der Waals surface area (Å²) in [5, 5.41) is 22.0. The van der Waals surface area contributed by atoms with Crippen molar-refractivity contribution >= 4 is 5.97 Å². The number of carbonyl (C=O) groups is 1. The summed E-state index contributed by atoms with van der Waals surface area (Å²) in [5.41, 5.74) is 0.906. The number of aliphatic hydroxyl groups is 1. The topological polar surface area (TPSA) is 57.5 Å². The molecule has 0 aliphatic heterocycles. The van der Waals surface area contributed by atoms with E-state index in [1.54, 1.807) is 0 Å². The van der Waals surface area contributed by atoms with Crippen LogP contribution in [0.1, 0.15) is 113 Å². The van der Waals surface area contributed by atoms with Crippen molar-refractivity contribution in [2.45, 2.75) is 119 Å². The summed E-state index contributed by atoms with van der Waals surface area (Å²) in [6.07, 6.45) is 12.6. The molecule has 0 heterocycles. The maximum atomic E-state index is 13.5. The van der Waals surface area contributed by atoms with Gasteiger partial charge in [-0.2, -0.15) is 0 Å². The fraction of sp³-hybridized carbons (Fsp3) is 0.900. The molecular formula is C30H48O3. The van der Waals surface area contributed by atoms with Crippen LogP contribution < -0.4 is 0 Å². The first-order valence-electron chi connectivity index (χ1n) is 13.8. The molecule has 8 atom stereocenters. The zero-order valence-corrected chi connectivity index (χ0v) is 22.3. The normalized spacial score (nSPS) is 52.4. The standard InChI is InChI=1S/C30H48O3/c1-25(2)14-15-27(5)16-17-30(24(32)33)19(20(27)18-25)8-9-22-28(6)12-11-23(31)26(3,4)21(28)10-13-29(22,30)7/h8,20-23,31H,9-18H2,1-7H3,(H,32,33)/t20-,21-,22+,23-,27+,28-,29+,30+/m0/s1. The number of carboxylic acids is 1. The lowest BCUT2D eigenvalue weighted by Crippen LogP contribution is -2.66. The Labute approximate surface area is 201 Å². The Morgan fingerprint density at radius 1 is 0.879 bits per heavy atom. The number of hydrogen-bond acceptors (Lipinski definition) is 2. The van der Waals surface area contributed by atoms with Crippen molar-refractivity contribution in [3.8, 4) is 0 Å². The first-order valence-corrected chi connectivity index (χ1v) is 13.8. The largest absolute Gasteiger partial charge is 0.481 e. The van der Waals surface area contributed by atoms with Gasteiger partial charge in [0.1, 0.15) is 0 Å². The number of aliphatic hydroxyl groups excluding tert-OH is 1. The Morgan fingerprint density at radius 3 is 2.21 bits per heavy atom. The zero-order chi connectivity index (χ0) is 24.2. The highest BCUT2D eigenvalue weighted by Crippen LogP contribution is 2.75. The Bertz CT molecular complexity index is 885. The van der Waals surface area contributed by atoms with Crippen LogP contribution >= 0.6 is 0 Å². The van der Waals surface area contributed by atoms with Crippen molar-refractivity contribution in [1.29, 1.82) is 0 Å². The molecule has 3 nitrogen and oxygen atoms in total. The van der Waals surface area contributed by atoms with Crippen molar-refractivity contribution in [2.24, 2.45) is 50.2 Å². The van der Waals surface area contributed by atoms with Gasteiger partial charge in [-0.15, -0.1) is 0 Å². The Morgan fingerprint density at radius 2 is 1.55 bits per heavy atom. The summed E-state index contributed by atoms with van der Waals surface area (Å²) < 4.78 is 0. The van der Waals surface area contributed by atoms with Gasteiger partial charge in [-0.25, -0.2) is 0 Å². The van der Waals surface area contributed by atoms with Crippen LogP contribution in [0.15, 0.2) is 11.6 Å². The van der Waals surface area contributed by atoms with Gasteiger partial charge in [-0.3, -0.25) is 4.79 Å². The maximum Gasteiger partial charge on any atom is 0.314 e. The van der Waals surface area contributed by atoms with E-state index in [9.17, 15) is 15.0 Å². The highest BCUT2D eigenvalue weighted by atomic mass is 16.4. The van der Waals surface area contributed by atoms with E-state index in [2.05, 4.69) is 54.5 Å². The van der Waals surface area contributed by atoms with Crippen LogP contribution in [-0.4, -0.2) is 22.3 Å². The second-order valence-electron chi connectivity index (χ2n) is 15.1. The fourth-order valence-corrected chi connectivity index (χ4v) is 10.6. The minimum atomic E-state index is -0.721. The van der Waals surface area contributed by atoms with Gasteiger partial charge in [0.15, 0.2) is 0 Å². The molecule has 2 N–H and O–H groups in total. The van der Waals surface area contributed by atoms with Crippen molar-refractivity contribution < 1.29 is 15.0 Å². The summed E-state index contributed by atoms with van der Waals surface area (Å²) in [6, 6.07) is 0. The zero-order valence-electron chi connectivity index (χ0n) is 22.3. The minimum Gasteiger partial charge on any atom is -0.481 e. The molecule has 3 heteroatoms. The number of aliphatic carboxylic acids is 1. The van der Waals surface area contributed by atoms with Gasteiger partial charge in [0.05, 0.1) is 11.5 Å². The third-order valence-electron chi connectivity index (χ3n) is 12.9. The Balaban J connectivity index is 1.64. The van der Waals surface area contributed by atoms with Crippen LogP contribution in [0.4, 0.5) is 0 Å². The first kappa shape index (κ1) is 23.9. The number of rotatable bonds is 1. The fourth-order valence-electron chi connectivity index (χ4n) is 10.6. The quantitative estimate of drug-likeness (QED) is 0.409. The third kappa shape index (κ3) is 2.87. The van der Waals surface area contributed by atoms with Crippen molar-refractivity contribution in [3.63, 3.8) is 0 Å². The molecule has 0 unspecified atom stereocenters. The molecule has 186 valence electrons. The smallest absolute Gasteiger partial charge is 0.314 e. The molecule has 0 aromatic rings. The van der Waals surface area contributed by atoms with E-state index in [-0.39, 0.29) is 33.2 Å². The highest BCUT2D eigenvalue weighted by molar-refractivity contribution is 5.81. The van der Waals surface area contributed by atoms with Gasteiger partial charge < -0.3 is 10.2 Å². The van der Waals surface area contributed by atoms with Crippen LogP contribution in [0.25, 0.3) is 0 Å². The lowest BCUT2D eigenvalue weighted by Gasteiger charge is -2.70. The second kappa shape index (κ2) is 6.89. The molecule has 5 rings (SSSR count). The molecule has 0 radical (unpaired) electrons. The number of fused-ring (bicyclic) bond motifs is 7. The van der Waals surface area contributed by atoms with Crippen LogP contribution in [0.2, 0.25) is 0 Å². The predicted octanol–water partition coefficient (Wildman–Crippen LogP) is 7.23. The van der Waals surface area contributed by atoms with Crippen molar-refractivity contribution in [1.82, 2.24) is 0 Å². The molecule has 0 spiro atoms. The number of hydrogen-bond donors (Lipinski definition) is 2. The molecule has 4 fully saturated rings. The highest BCUT2D eigenvalue weighted by Gasteiger charge is 2.71. The van der Waals surface area contributed by atoms with E-state index in [0.717, 1.165) is 51.4 Å². The summed E-state index contributed by atoms with van der Waals surface area (Å²) in [6.45, 7) is 16.6. The minimum absolute atomic E-state index is 0.0901. The number of carboxylic acid groups (broad SMARTS) is 1. The van der Waals surface area contributed by atoms with Gasteiger partial charge in [0.2, 0.25) is 0 Å². The van der Waals surface area contributed by atoms with Crippen LogP contribution in [0.5, 0.6) is 0 Å². The van der Waals surface area contributed by atoms with Crippen LogP contribution in [-0.2, 0) is 4.79 Å². The van der Waals surface area contributed by atoms with Crippen LogP contribution in [0, 0.1) is 50.2 Å². The molecule has 0 amide bonds. The van der Waals surface area contributed by atoms with E-state index in [1.807, 2.05) is 0 Å². The van der Waals surface area contributed by atoms with Gasteiger partial charge >= 0.3 is 5.97 Å².